The highest BCUT2D eigenvalue weighted by molar-refractivity contribution is 7.89. The predicted octanol–water partition coefficient (Wildman–Crippen LogP) is 3.18. The first-order valence-corrected chi connectivity index (χ1v) is 11.7. The van der Waals surface area contributed by atoms with Crippen molar-refractivity contribution in [3.8, 4) is 0 Å². The second kappa shape index (κ2) is 9.92. The summed E-state index contributed by atoms with van der Waals surface area (Å²) in [4.78, 5) is 16.2. The first kappa shape index (κ1) is 22.7. The Morgan fingerprint density at radius 2 is 1.60 bits per heavy atom. The van der Waals surface area contributed by atoms with E-state index in [2.05, 4.69) is 21.8 Å². The van der Waals surface area contributed by atoms with E-state index in [1.807, 2.05) is 18.2 Å². The number of carbonyl (C=O) groups is 1. The van der Waals surface area contributed by atoms with Crippen LogP contribution in [0.1, 0.15) is 31.2 Å². The molecule has 2 aromatic carbocycles. The van der Waals surface area contributed by atoms with Gasteiger partial charge in [0.1, 0.15) is 0 Å². The fourth-order valence-electron chi connectivity index (χ4n) is 4.06. The van der Waals surface area contributed by atoms with E-state index in [1.54, 1.807) is 29.2 Å². The van der Waals surface area contributed by atoms with Crippen molar-refractivity contribution in [3.05, 3.63) is 60.2 Å². The number of rotatable bonds is 6. The molecule has 162 valence electrons. The normalized spacial score (nSPS) is 18.4. The minimum absolute atomic E-state index is 0. The van der Waals surface area contributed by atoms with Gasteiger partial charge < -0.3 is 4.90 Å². The van der Waals surface area contributed by atoms with Crippen LogP contribution >= 0.6 is 12.4 Å². The standard InChI is InChI=1S/C22H27N3O3S.ClH/c26-22-7-4-14-25(22)20-8-10-21(11-9-20)29(27,28)23-19-12-15-24(16-13-19)17-18-5-2-1-3-6-18;/h1-3,5-6,8-11,19,23H,4,7,12-17H2;1H. The van der Waals surface area contributed by atoms with Crippen LogP contribution in [0.3, 0.4) is 0 Å². The van der Waals surface area contributed by atoms with Gasteiger partial charge in [-0.25, -0.2) is 13.1 Å². The van der Waals surface area contributed by atoms with E-state index in [4.69, 9.17) is 0 Å². The maximum Gasteiger partial charge on any atom is 0.240 e. The highest BCUT2D eigenvalue weighted by Gasteiger charge is 2.26. The molecular weight excluding hydrogens is 422 g/mol. The minimum Gasteiger partial charge on any atom is -0.312 e. The Morgan fingerprint density at radius 1 is 0.933 bits per heavy atom. The number of hydrogen-bond donors (Lipinski definition) is 1. The first-order valence-electron chi connectivity index (χ1n) is 10.2. The molecule has 6 nitrogen and oxygen atoms in total. The summed E-state index contributed by atoms with van der Waals surface area (Å²) >= 11 is 0. The van der Waals surface area contributed by atoms with Crippen LogP contribution in [0, 0.1) is 0 Å². The van der Waals surface area contributed by atoms with Crippen molar-refractivity contribution in [1.29, 1.82) is 0 Å². The van der Waals surface area contributed by atoms with Crippen LogP contribution in [0.4, 0.5) is 5.69 Å². The second-order valence-corrected chi connectivity index (χ2v) is 9.51. The van der Waals surface area contributed by atoms with Crippen molar-refractivity contribution in [2.75, 3.05) is 24.5 Å². The van der Waals surface area contributed by atoms with Gasteiger partial charge in [0.05, 0.1) is 4.90 Å². The van der Waals surface area contributed by atoms with Gasteiger partial charge in [0.15, 0.2) is 0 Å². The van der Waals surface area contributed by atoms with Gasteiger partial charge >= 0.3 is 0 Å². The molecule has 2 aliphatic rings. The Morgan fingerprint density at radius 3 is 2.20 bits per heavy atom. The number of sulfonamides is 1. The average Bonchev–Trinajstić information content (AvgIpc) is 3.16. The van der Waals surface area contributed by atoms with Gasteiger partial charge in [0.25, 0.3) is 0 Å². The van der Waals surface area contributed by atoms with Crippen LogP contribution in [0.2, 0.25) is 0 Å². The SMILES string of the molecule is Cl.O=C1CCCN1c1ccc(S(=O)(=O)NC2CCN(Cc3ccccc3)CC2)cc1. The summed E-state index contributed by atoms with van der Waals surface area (Å²) in [5.41, 5.74) is 2.05. The van der Waals surface area contributed by atoms with Gasteiger partial charge in [0.2, 0.25) is 15.9 Å². The topological polar surface area (TPSA) is 69.7 Å². The summed E-state index contributed by atoms with van der Waals surface area (Å²) in [6.07, 6.45) is 3.01. The van der Waals surface area contributed by atoms with Crippen molar-refractivity contribution in [3.63, 3.8) is 0 Å². The third-order valence-corrected chi connectivity index (χ3v) is 7.23. The molecule has 2 heterocycles. The number of halogens is 1. The lowest BCUT2D eigenvalue weighted by Gasteiger charge is -2.32. The lowest BCUT2D eigenvalue weighted by Crippen LogP contribution is -2.44. The van der Waals surface area contributed by atoms with Gasteiger partial charge in [-0.2, -0.15) is 0 Å². The molecule has 2 saturated heterocycles. The van der Waals surface area contributed by atoms with Crippen LogP contribution in [0.5, 0.6) is 0 Å². The van der Waals surface area contributed by atoms with Crippen molar-refractivity contribution in [2.24, 2.45) is 0 Å². The smallest absolute Gasteiger partial charge is 0.240 e. The summed E-state index contributed by atoms with van der Waals surface area (Å²) in [5, 5.41) is 0. The van der Waals surface area contributed by atoms with Crippen LogP contribution in [-0.2, 0) is 21.4 Å². The molecule has 0 aliphatic carbocycles. The number of nitrogens with zero attached hydrogens (tertiary/aromatic N) is 2. The molecular formula is C22H28ClN3O3S. The number of nitrogens with one attached hydrogen (secondary N) is 1. The van der Waals surface area contributed by atoms with Crippen LogP contribution in [0.15, 0.2) is 59.5 Å². The molecule has 0 unspecified atom stereocenters. The zero-order chi connectivity index (χ0) is 20.3. The third-order valence-electron chi connectivity index (χ3n) is 5.69. The van der Waals surface area contributed by atoms with Crippen molar-refractivity contribution in [1.82, 2.24) is 9.62 Å². The number of hydrogen-bond acceptors (Lipinski definition) is 4. The number of likely N-dealkylation sites (tertiary alicyclic amines) is 1. The zero-order valence-electron chi connectivity index (χ0n) is 16.9. The number of benzene rings is 2. The van der Waals surface area contributed by atoms with Crippen LogP contribution in [0.25, 0.3) is 0 Å². The summed E-state index contributed by atoms with van der Waals surface area (Å²) in [6, 6.07) is 16.9. The Bertz CT molecular complexity index is 943. The highest BCUT2D eigenvalue weighted by Crippen LogP contribution is 2.23. The maximum absolute atomic E-state index is 12.8. The second-order valence-electron chi connectivity index (χ2n) is 7.80. The van der Waals surface area contributed by atoms with E-state index < -0.39 is 10.0 Å². The summed E-state index contributed by atoms with van der Waals surface area (Å²) in [5.74, 6) is 0.0981. The van der Waals surface area contributed by atoms with E-state index in [-0.39, 0.29) is 29.3 Å². The molecule has 4 rings (SSSR count). The molecule has 0 aromatic heterocycles. The lowest BCUT2D eigenvalue weighted by atomic mass is 10.1. The quantitative estimate of drug-likeness (QED) is 0.735. The number of carbonyl (C=O) groups excluding carboxylic acids is 1. The molecule has 1 N–H and O–H groups in total. The molecule has 2 fully saturated rings. The molecule has 1 amide bonds. The number of amides is 1. The Labute approximate surface area is 184 Å². The monoisotopic (exact) mass is 449 g/mol. The molecule has 0 atom stereocenters. The van der Waals surface area contributed by atoms with E-state index >= 15 is 0 Å². The van der Waals surface area contributed by atoms with Crippen molar-refractivity contribution in [2.45, 2.75) is 43.2 Å². The first-order chi connectivity index (χ1) is 14.0. The lowest BCUT2D eigenvalue weighted by molar-refractivity contribution is -0.117. The predicted molar refractivity (Wildman–Crippen MR) is 120 cm³/mol. The van der Waals surface area contributed by atoms with E-state index in [9.17, 15) is 13.2 Å². The minimum atomic E-state index is -3.56. The largest absolute Gasteiger partial charge is 0.312 e. The molecule has 0 saturated carbocycles. The maximum atomic E-state index is 12.8. The van der Waals surface area contributed by atoms with Crippen LogP contribution < -0.4 is 9.62 Å². The Hall–Kier alpha value is -1.93. The molecule has 0 bridgehead atoms. The fourth-order valence-corrected chi connectivity index (χ4v) is 5.37. The van der Waals surface area contributed by atoms with Gasteiger partial charge in [0, 0.05) is 44.3 Å². The zero-order valence-corrected chi connectivity index (χ0v) is 18.5. The van der Waals surface area contributed by atoms with E-state index in [0.29, 0.717) is 13.0 Å². The highest BCUT2D eigenvalue weighted by atomic mass is 35.5. The van der Waals surface area contributed by atoms with E-state index in [1.165, 1.54) is 5.56 Å². The number of anilines is 1. The van der Waals surface area contributed by atoms with Crippen molar-refractivity contribution >= 4 is 34.0 Å². The van der Waals surface area contributed by atoms with Gasteiger partial charge in [-0.05, 0) is 49.1 Å². The van der Waals surface area contributed by atoms with Crippen molar-refractivity contribution < 1.29 is 13.2 Å². The van der Waals surface area contributed by atoms with Gasteiger partial charge in [-0.15, -0.1) is 12.4 Å². The van der Waals surface area contributed by atoms with Crippen LogP contribution in [-0.4, -0.2) is 44.9 Å². The molecule has 0 radical (unpaired) electrons. The average molecular weight is 450 g/mol. The van der Waals surface area contributed by atoms with Gasteiger partial charge in [-0.1, -0.05) is 30.3 Å². The molecule has 0 spiro atoms. The fraction of sp³-hybridized carbons (Fsp3) is 0.409. The summed E-state index contributed by atoms with van der Waals surface area (Å²) in [6.45, 7) is 3.35. The Balaban J connectivity index is 0.00000256. The summed E-state index contributed by atoms with van der Waals surface area (Å²) < 4.78 is 28.4. The molecule has 8 heteroatoms. The molecule has 2 aromatic rings. The third kappa shape index (κ3) is 5.40. The molecule has 30 heavy (non-hydrogen) atoms. The Kier molecular flexibility index (Phi) is 7.52. The summed E-state index contributed by atoms with van der Waals surface area (Å²) in [7, 11) is -3.56. The van der Waals surface area contributed by atoms with E-state index in [0.717, 1.165) is 44.6 Å². The number of piperidine rings is 1. The molecule has 2 aliphatic heterocycles. The van der Waals surface area contributed by atoms with Gasteiger partial charge in [-0.3, -0.25) is 9.69 Å².